The molecule has 0 unspecified atom stereocenters. The van der Waals surface area contributed by atoms with Crippen LogP contribution in [-0.4, -0.2) is 32.9 Å². The molecule has 0 heterocycles. The average molecular weight is 465 g/mol. The minimum Gasteiger partial charge on any atom is -0.494 e. The molecule has 2 aromatic carbocycles. The summed E-state index contributed by atoms with van der Waals surface area (Å²) in [7, 11) is 4.54. The molecule has 0 amide bonds. The molecule has 0 aromatic heterocycles. The minimum atomic E-state index is -0.351. The van der Waals surface area contributed by atoms with Gasteiger partial charge in [-0.2, -0.15) is 16.1 Å². The highest BCUT2D eigenvalue weighted by molar-refractivity contribution is 5.94. The predicted octanol–water partition coefficient (Wildman–Crippen LogP) is 5.20. The maximum Gasteiger partial charge on any atom is 0.144 e. The molecule has 0 atom stereocenters. The molecule has 0 spiro atoms. The molecule has 0 saturated carbocycles. The van der Waals surface area contributed by atoms with Crippen molar-refractivity contribution in [3.63, 3.8) is 0 Å². The van der Waals surface area contributed by atoms with E-state index in [1.165, 1.54) is 50.3 Å². The molecule has 0 aliphatic carbocycles. The number of anilines is 2. The Kier molecular flexibility index (Phi) is 22.0. The van der Waals surface area contributed by atoms with Gasteiger partial charge in [-0.15, -0.1) is 0 Å². The van der Waals surface area contributed by atoms with Gasteiger partial charge >= 0.3 is 0 Å². The van der Waals surface area contributed by atoms with E-state index >= 15 is 0 Å². The van der Waals surface area contributed by atoms with Crippen LogP contribution < -0.4 is 26.2 Å². The van der Waals surface area contributed by atoms with E-state index in [0.29, 0.717) is 17.1 Å². The van der Waals surface area contributed by atoms with Gasteiger partial charge in [0, 0.05) is 0 Å². The SMILES string of the molecule is CC.CC(=N)N(N=N)c1ccc(F)cc1.CN.CN.COc1ccccc1N(N=N)C(C)=N. The van der Waals surface area contributed by atoms with E-state index in [1.807, 2.05) is 19.9 Å². The Labute approximate surface area is 195 Å². The van der Waals surface area contributed by atoms with Gasteiger partial charge in [0.25, 0.3) is 0 Å². The van der Waals surface area contributed by atoms with E-state index in [9.17, 15) is 4.39 Å². The van der Waals surface area contributed by atoms with Gasteiger partial charge in [0.2, 0.25) is 0 Å². The van der Waals surface area contributed by atoms with Gasteiger partial charge < -0.3 is 16.2 Å². The van der Waals surface area contributed by atoms with Crippen molar-refractivity contribution in [1.29, 1.82) is 21.9 Å². The molecule has 0 saturated heterocycles. The number of methoxy groups -OCH3 is 1. The maximum atomic E-state index is 12.5. The van der Waals surface area contributed by atoms with E-state index in [4.69, 9.17) is 26.6 Å². The first-order valence-electron chi connectivity index (χ1n) is 9.85. The van der Waals surface area contributed by atoms with Crippen LogP contribution in [0.5, 0.6) is 5.75 Å². The Balaban J connectivity index is -0.000000445. The first-order valence-corrected chi connectivity index (χ1v) is 9.85. The largest absolute Gasteiger partial charge is 0.494 e. The molecule has 0 radical (unpaired) electrons. The molecule has 0 fully saturated rings. The number of nitrogens with zero attached hydrogens (tertiary/aromatic N) is 4. The van der Waals surface area contributed by atoms with Crippen molar-refractivity contribution in [3.05, 3.63) is 54.3 Å². The van der Waals surface area contributed by atoms with E-state index in [2.05, 4.69) is 21.9 Å². The van der Waals surface area contributed by atoms with Crippen molar-refractivity contribution < 1.29 is 9.13 Å². The van der Waals surface area contributed by atoms with E-state index in [-0.39, 0.29) is 17.5 Å². The van der Waals surface area contributed by atoms with Crippen molar-refractivity contribution in [1.82, 2.24) is 0 Å². The number of ether oxygens (including phenoxy) is 1. The summed E-state index contributed by atoms with van der Waals surface area (Å²) in [4.78, 5) is 0. The fourth-order valence-electron chi connectivity index (χ4n) is 2.02. The van der Waals surface area contributed by atoms with Crippen LogP contribution in [0.1, 0.15) is 27.7 Å². The Morgan fingerprint density at radius 1 is 0.818 bits per heavy atom. The van der Waals surface area contributed by atoms with Crippen LogP contribution in [0, 0.1) is 27.7 Å². The van der Waals surface area contributed by atoms with Crippen LogP contribution in [0.25, 0.3) is 0 Å². The highest BCUT2D eigenvalue weighted by Crippen LogP contribution is 2.27. The van der Waals surface area contributed by atoms with E-state index < -0.39 is 0 Å². The number of halogens is 1. The molecule has 11 nitrogen and oxygen atoms in total. The lowest BCUT2D eigenvalue weighted by Crippen LogP contribution is -2.21. The lowest BCUT2D eigenvalue weighted by molar-refractivity contribution is 0.415. The van der Waals surface area contributed by atoms with Crippen molar-refractivity contribution >= 4 is 23.0 Å². The topological polar surface area (TPSA) is 188 Å². The molecule has 2 rings (SSSR count). The fraction of sp³-hybridized carbons (Fsp3) is 0.333. The van der Waals surface area contributed by atoms with Crippen molar-refractivity contribution in [2.75, 3.05) is 31.2 Å². The highest BCUT2D eigenvalue weighted by Gasteiger charge is 2.12. The monoisotopic (exact) mass is 464 g/mol. The van der Waals surface area contributed by atoms with Gasteiger partial charge in [-0.3, -0.25) is 10.8 Å². The molecule has 8 N–H and O–H groups in total. The molecular formula is C21H37FN10O. The summed E-state index contributed by atoms with van der Waals surface area (Å²) >= 11 is 0. The zero-order valence-electron chi connectivity index (χ0n) is 20.3. The first-order chi connectivity index (χ1) is 15.8. The Morgan fingerprint density at radius 2 is 1.24 bits per heavy atom. The third kappa shape index (κ3) is 12.6. The maximum absolute atomic E-state index is 12.5. The van der Waals surface area contributed by atoms with Gasteiger partial charge in [-0.05, 0) is 64.3 Å². The molecule has 0 aliphatic rings. The number of benzene rings is 2. The number of amidine groups is 2. The van der Waals surface area contributed by atoms with Gasteiger partial charge in [-0.25, -0.2) is 9.40 Å². The molecule has 12 heteroatoms. The van der Waals surface area contributed by atoms with Crippen LogP contribution in [-0.2, 0) is 0 Å². The van der Waals surface area contributed by atoms with Gasteiger partial charge in [-0.1, -0.05) is 36.4 Å². The molecule has 0 bridgehead atoms. The zero-order valence-corrected chi connectivity index (χ0v) is 20.3. The second-order valence-corrected chi connectivity index (χ2v) is 5.14. The molecule has 33 heavy (non-hydrogen) atoms. The second kappa shape index (κ2) is 21.5. The van der Waals surface area contributed by atoms with Crippen LogP contribution in [0.15, 0.2) is 59.0 Å². The predicted molar refractivity (Wildman–Crippen MR) is 133 cm³/mol. The first kappa shape index (κ1) is 33.9. The van der Waals surface area contributed by atoms with E-state index in [1.54, 1.807) is 32.2 Å². The molecule has 184 valence electrons. The summed E-state index contributed by atoms with van der Waals surface area (Å²) in [5, 5.41) is 23.3. The Bertz CT molecular complexity index is 815. The third-order valence-corrected chi connectivity index (χ3v) is 3.22. The number of nitrogens with one attached hydrogen (secondary N) is 4. The van der Waals surface area contributed by atoms with Crippen molar-refractivity contribution in [2.45, 2.75) is 27.7 Å². The van der Waals surface area contributed by atoms with Crippen molar-refractivity contribution in [3.8, 4) is 5.75 Å². The summed E-state index contributed by atoms with van der Waals surface area (Å²) in [6.07, 6.45) is 0. The Morgan fingerprint density at radius 3 is 1.61 bits per heavy atom. The average Bonchev–Trinajstić information content (AvgIpc) is 2.85. The van der Waals surface area contributed by atoms with Crippen LogP contribution in [0.3, 0.4) is 0 Å². The summed E-state index contributed by atoms with van der Waals surface area (Å²) < 4.78 is 17.6. The summed E-state index contributed by atoms with van der Waals surface area (Å²) in [5.74, 6) is 0.525. The lowest BCUT2D eigenvalue weighted by atomic mass is 10.3. The Hall–Kier alpha value is -3.77. The highest BCUT2D eigenvalue weighted by atomic mass is 19.1. The van der Waals surface area contributed by atoms with Gasteiger partial charge in [0.15, 0.2) is 0 Å². The van der Waals surface area contributed by atoms with Crippen LogP contribution in [0.2, 0.25) is 0 Å². The lowest BCUT2D eigenvalue weighted by Gasteiger charge is -2.17. The summed E-state index contributed by atoms with van der Waals surface area (Å²) in [6.45, 7) is 7.06. The smallest absolute Gasteiger partial charge is 0.144 e. The number of rotatable bonds is 5. The number of para-hydroxylation sites is 2. The molecule has 0 aliphatic heterocycles. The van der Waals surface area contributed by atoms with Crippen molar-refractivity contribution in [2.24, 2.45) is 21.9 Å². The zero-order chi connectivity index (χ0) is 26.4. The molecule has 2 aromatic rings. The third-order valence-electron chi connectivity index (χ3n) is 3.22. The van der Waals surface area contributed by atoms with Gasteiger partial charge in [0.1, 0.15) is 28.9 Å². The fourth-order valence-corrected chi connectivity index (χ4v) is 2.02. The normalized spacial score (nSPS) is 8.18. The second-order valence-electron chi connectivity index (χ2n) is 5.14. The quantitative estimate of drug-likeness (QED) is 0.153. The van der Waals surface area contributed by atoms with E-state index in [0.717, 1.165) is 5.01 Å². The molecular weight excluding hydrogens is 427 g/mol. The van der Waals surface area contributed by atoms with Crippen LogP contribution >= 0.6 is 0 Å². The minimum absolute atomic E-state index is 0.113. The summed E-state index contributed by atoms with van der Waals surface area (Å²) in [5.41, 5.74) is 23.9. The van der Waals surface area contributed by atoms with Gasteiger partial charge in [0.05, 0.1) is 12.8 Å². The number of nitrogens with two attached hydrogens (primary N) is 2. The summed E-state index contributed by atoms with van der Waals surface area (Å²) in [6, 6.07) is 12.6. The standard InChI is InChI=1S/C9H12N4O.C8H9FN4.C2H6.2CH5N/c1-7(10)13(12-11)8-5-3-4-6-9(8)14-2;1-6(10)13(12-11)8-4-2-7(9)3-5-8;3*1-2/h3-6,10-11H,1-2H3;2-5,10-11H,1H3;1-2H3;2*2H2,1H3. The van der Waals surface area contributed by atoms with Crippen LogP contribution in [0.4, 0.5) is 15.8 Å². The number of hydrogen-bond donors (Lipinski definition) is 6. The number of hydrogen-bond acceptors (Lipinski definition) is 9.